The van der Waals surface area contributed by atoms with Gasteiger partial charge in [0, 0.05) is 12.7 Å². The van der Waals surface area contributed by atoms with Crippen molar-refractivity contribution in [3.05, 3.63) is 59.3 Å². The van der Waals surface area contributed by atoms with Gasteiger partial charge < -0.3 is 10.2 Å². The molecular formula is C25H39N3OSi. The number of pyridine rings is 1. The number of hydrogen-bond donors (Lipinski definition) is 1. The zero-order valence-corrected chi connectivity index (χ0v) is 20.6. The Balaban J connectivity index is 1.52. The van der Waals surface area contributed by atoms with Gasteiger partial charge in [0.25, 0.3) is 0 Å². The monoisotopic (exact) mass is 425 g/mol. The molecule has 1 saturated heterocycles. The third-order valence-corrected chi connectivity index (χ3v) is 11.6. The molecule has 2 heterocycles. The number of piperidine rings is 1. The number of nitrogens with zero attached hydrogens (tertiary/aromatic N) is 2. The Morgan fingerprint density at radius 2 is 1.73 bits per heavy atom. The summed E-state index contributed by atoms with van der Waals surface area (Å²) in [6, 6.07) is 13.1. The molecule has 1 aliphatic rings. The van der Waals surface area contributed by atoms with Crippen molar-refractivity contribution in [2.75, 3.05) is 18.8 Å². The van der Waals surface area contributed by atoms with E-state index in [0.29, 0.717) is 11.7 Å². The number of hydrogen-bond acceptors (Lipinski definition) is 4. The minimum atomic E-state index is -1.76. The van der Waals surface area contributed by atoms with Crippen LogP contribution in [0.5, 0.6) is 0 Å². The van der Waals surface area contributed by atoms with Crippen LogP contribution in [0.25, 0.3) is 0 Å². The summed E-state index contributed by atoms with van der Waals surface area (Å²) in [6.07, 6.45) is 4.45. The summed E-state index contributed by atoms with van der Waals surface area (Å²) in [7, 11) is -1.76. The Bertz CT molecular complexity index is 804. The topological polar surface area (TPSA) is 51.4 Å². The van der Waals surface area contributed by atoms with E-state index in [9.17, 15) is 0 Å². The maximum atomic E-state index is 6.55. The maximum absolute atomic E-state index is 6.55. The molecular weight excluding hydrogens is 386 g/mol. The second-order valence-electron chi connectivity index (χ2n) is 10.3. The quantitative estimate of drug-likeness (QED) is 0.566. The number of benzene rings is 1. The maximum Gasteiger partial charge on any atom is 0.192 e. The molecule has 0 bridgehead atoms. The normalized spacial score (nSPS) is 17.8. The van der Waals surface area contributed by atoms with Crippen molar-refractivity contribution in [1.82, 2.24) is 9.88 Å². The van der Waals surface area contributed by atoms with E-state index < -0.39 is 8.32 Å². The molecule has 1 atom stereocenters. The van der Waals surface area contributed by atoms with E-state index in [4.69, 9.17) is 10.2 Å². The summed E-state index contributed by atoms with van der Waals surface area (Å²) in [4.78, 5) is 6.82. The molecule has 0 aliphatic carbocycles. The van der Waals surface area contributed by atoms with Gasteiger partial charge in [-0.15, -0.1) is 0 Å². The Kier molecular flexibility index (Phi) is 7.05. The predicted octanol–water partition coefficient (Wildman–Crippen LogP) is 6.13. The van der Waals surface area contributed by atoms with Crippen LogP contribution in [-0.2, 0) is 11.0 Å². The van der Waals surface area contributed by atoms with Crippen LogP contribution in [0.15, 0.2) is 42.6 Å². The van der Waals surface area contributed by atoms with Crippen LogP contribution < -0.4 is 5.73 Å². The van der Waals surface area contributed by atoms with Gasteiger partial charge in [-0.1, -0.05) is 51.1 Å². The van der Waals surface area contributed by atoms with Gasteiger partial charge in [0.05, 0.1) is 6.10 Å². The fourth-order valence-electron chi connectivity index (χ4n) is 3.92. The van der Waals surface area contributed by atoms with Gasteiger partial charge in [-0.05, 0) is 79.7 Å². The van der Waals surface area contributed by atoms with Crippen molar-refractivity contribution in [1.29, 1.82) is 0 Å². The lowest BCUT2D eigenvalue weighted by Crippen LogP contribution is -2.41. The van der Waals surface area contributed by atoms with Crippen LogP contribution in [0.4, 0.5) is 5.82 Å². The zero-order valence-electron chi connectivity index (χ0n) is 19.6. The summed E-state index contributed by atoms with van der Waals surface area (Å²) in [5.41, 5.74) is 9.70. The lowest BCUT2D eigenvalue weighted by Gasteiger charge is -2.38. The van der Waals surface area contributed by atoms with Crippen molar-refractivity contribution >= 4 is 14.1 Å². The Morgan fingerprint density at radius 3 is 2.27 bits per heavy atom. The predicted molar refractivity (Wildman–Crippen MR) is 129 cm³/mol. The van der Waals surface area contributed by atoms with Crippen molar-refractivity contribution in [3.8, 4) is 0 Å². The van der Waals surface area contributed by atoms with Gasteiger partial charge in [0.2, 0.25) is 0 Å². The van der Waals surface area contributed by atoms with Gasteiger partial charge in [0.15, 0.2) is 8.32 Å². The highest BCUT2D eigenvalue weighted by molar-refractivity contribution is 6.74. The molecule has 1 fully saturated rings. The molecule has 164 valence electrons. The Morgan fingerprint density at radius 1 is 1.10 bits per heavy atom. The highest BCUT2D eigenvalue weighted by Crippen LogP contribution is 2.39. The molecule has 1 aromatic heterocycles. The average Bonchev–Trinajstić information content (AvgIpc) is 2.68. The SMILES string of the molecule is C[C@H](O[Si](C)(C)C(C)(C)C)c1ccc(CN2CCC(c3ccc(N)nc3)CC2)cc1. The summed E-state index contributed by atoms with van der Waals surface area (Å²) in [5, 5.41) is 0.232. The molecule has 30 heavy (non-hydrogen) atoms. The fourth-order valence-corrected chi connectivity index (χ4v) is 5.30. The smallest absolute Gasteiger partial charge is 0.192 e. The molecule has 0 saturated carbocycles. The first-order valence-corrected chi connectivity index (χ1v) is 14.2. The summed E-state index contributed by atoms with van der Waals surface area (Å²) < 4.78 is 6.55. The van der Waals surface area contributed by atoms with Gasteiger partial charge in [-0.25, -0.2) is 4.98 Å². The third-order valence-electron chi connectivity index (χ3n) is 7.00. The first-order chi connectivity index (χ1) is 14.0. The second kappa shape index (κ2) is 9.21. The minimum absolute atomic E-state index is 0.143. The van der Waals surface area contributed by atoms with Crippen LogP contribution in [0, 0.1) is 0 Å². The number of aromatic nitrogens is 1. The first kappa shape index (κ1) is 23.0. The van der Waals surface area contributed by atoms with Crippen LogP contribution >= 0.6 is 0 Å². The van der Waals surface area contributed by atoms with Crippen molar-refractivity contribution in [2.45, 2.75) is 77.2 Å². The number of nitrogen functional groups attached to an aromatic ring is 1. The summed E-state index contributed by atoms with van der Waals surface area (Å²) in [5.74, 6) is 1.20. The molecule has 2 N–H and O–H groups in total. The molecule has 0 spiro atoms. The molecule has 0 amide bonds. The fraction of sp³-hybridized carbons (Fsp3) is 0.560. The van der Waals surface area contributed by atoms with Crippen LogP contribution in [0.2, 0.25) is 18.1 Å². The van der Waals surface area contributed by atoms with E-state index in [2.05, 4.69) is 81.0 Å². The van der Waals surface area contributed by atoms with Crippen LogP contribution in [0.1, 0.15) is 69.2 Å². The molecule has 0 radical (unpaired) electrons. The Labute approximate surface area is 184 Å². The first-order valence-electron chi connectivity index (χ1n) is 11.3. The molecule has 1 aromatic carbocycles. The molecule has 2 aromatic rings. The Hall–Kier alpha value is -1.69. The lowest BCUT2D eigenvalue weighted by molar-refractivity contribution is 0.201. The van der Waals surface area contributed by atoms with E-state index >= 15 is 0 Å². The number of nitrogens with two attached hydrogens (primary N) is 1. The van der Waals surface area contributed by atoms with Crippen LogP contribution in [-0.4, -0.2) is 31.3 Å². The highest BCUT2D eigenvalue weighted by Gasteiger charge is 2.38. The molecule has 0 unspecified atom stereocenters. The summed E-state index contributed by atoms with van der Waals surface area (Å²) >= 11 is 0. The van der Waals surface area contributed by atoms with Crippen molar-refractivity contribution in [3.63, 3.8) is 0 Å². The highest BCUT2D eigenvalue weighted by atomic mass is 28.4. The van der Waals surface area contributed by atoms with Gasteiger partial charge in [0.1, 0.15) is 5.82 Å². The van der Waals surface area contributed by atoms with Crippen molar-refractivity contribution in [2.24, 2.45) is 0 Å². The zero-order chi connectivity index (χ0) is 21.9. The van der Waals surface area contributed by atoms with Gasteiger partial charge in [-0.2, -0.15) is 0 Å². The van der Waals surface area contributed by atoms with E-state index in [1.807, 2.05) is 12.3 Å². The standard InChI is InChI=1S/C25H39N3OSi/c1-19(29-30(5,6)25(2,3)4)21-9-7-20(8-10-21)18-28-15-13-22(14-16-28)23-11-12-24(26)27-17-23/h7-12,17,19,22H,13-16,18H2,1-6H3,(H2,26,27)/t19-/m0/s1. The van der Waals surface area contributed by atoms with E-state index in [0.717, 1.165) is 19.6 Å². The largest absolute Gasteiger partial charge is 0.410 e. The van der Waals surface area contributed by atoms with E-state index in [1.165, 1.54) is 29.5 Å². The minimum Gasteiger partial charge on any atom is -0.410 e. The van der Waals surface area contributed by atoms with Crippen LogP contribution in [0.3, 0.4) is 0 Å². The molecule has 5 heteroatoms. The van der Waals surface area contributed by atoms with Crippen molar-refractivity contribution < 1.29 is 4.43 Å². The summed E-state index contributed by atoms with van der Waals surface area (Å²) in [6.45, 7) is 17.0. The molecule has 1 aliphatic heterocycles. The molecule has 4 nitrogen and oxygen atoms in total. The van der Waals surface area contributed by atoms with E-state index in [1.54, 1.807) is 0 Å². The number of anilines is 1. The average molecular weight is 426 g/mol. The molecule has 3 rings (SSSR count). The van der Waals surface area contributed by atoms with E-state index in [-0.39, 0.29) is 11.1 Å². The number of rotatable bonds is 6. The van der Waals surface area contributed by atoms with Gasteiger partial charge in [-0.3, -0.25) is 4.90 Å². The lowest BCUT2D eigenvalue weighted by atomic mass is 9.90. The van der Waals surface area contributed by atoms with Gasteiger partial charge >= 0.3 is 0 Å². The third kappa shape index (κ3) is 5.71. The second-order valence-corrected chi connectivity index (χ2v) is 15.1. The number of likely N-dealkylation sites (tertiary alicyclic amines) is 1.